The highest BCUT2D eigenvalue weighted by Crippen LogP contribution is 2.22. The molecule has 4 aromatic rings. The molecule has 4 rings (SSSR count). The first-order chi connectivity index (χ1) is 15.6. The van der Waals surface area contributed by atoms with Crippen molar-refractivity contribution >= 4 is 74.4 Å². The molecule has 0 heterocycles. The highest BCUT2D eigenvalue weighted by Gasteiger charge is 2.33. The first-order valence-electron chi connectivity index (χ1n) is 9.62. The van der Waals surface area contributed by atoms with Crippen LogP contribution in [-0.2, 0) is 0 Å². The van der Waals surface area contributed by atoms with Crippen molar-refractivity contribution in [3.05, 3.63) is 116 Å². The number of halogens is 8. The molecule has 0 unspecified atom stereocenters. The minimum atomic E-state index is -2.35. The van der Waals surface area contributed by atoms with Gasteiger partial charge in [0, 0.05) is 0 Å². The summed E-state index contributed by atoms with van der Waals surface area (Å²) in [4.78, 5) is 0. The molecule has 0 saturated carbocycles. The Morgan fingerprint density at radius 2 is 0.606 bits per heavy atom. The zero-order valence-corrected chi connectivity index (χ0v) is 19.6. The lowest BCUT2D eigenvalue weighted by Gasteiger charge is -2.44. The van der Waals surface area contributed by atoms with Crippen molar-refractivity contribution in [2.24, 2.45) is 0 Å². The van der Waals surface area contributed by atoms with Crippen LogP contribution in [0.15, 0.2) is 72.8 Å². The quantitative estimate of drug-likeness (QED) is 0.217. The second-order valence-corrected chi connectivity index (χ2v) is 9.19. The van der Waals surface area contributed by atoms with Gasteiger partial charge in [-0.05, 0) is 24.3 Å². The van der Waals surface area contributed by atoms with Gasteiger partial charge in [0.2, 0.25) is 0 Å². The van der Waals surface area contributed by atoms with Crippen molar-refractivity contribution in [2.75, 3.05) is 0 Å². The summed E-state index contributed by atoms with van der Waals surface area (Å²) in [6.45, 7) is 0. The minimum absolute atomic E-state index is 0.173. The fourth-order valence-corrected chi connectivity index (χ4v) is 5.04. The van der Waals surface area contributed by atoms with Crippen LogP contribution in [0.1, 0.15) is 0 Å². The van der Waals surface area contributed by atoms with E-state index in [9.17, 15) is 17.6 Å². The average Bonchev–Trinajstić information content (AvgIpc) is 2.78. The molecule has 0 fully saturated rings. The predicted octanol–water partition coefficient (Wildman–Crippen LogP) is 6.23. The minimum Gasteiger partial charge on any atom is -0.205 e. The Hall–Kier alpha value is -2.18. The van der Waals surface area contributed by atoms with Crippen molar-refractivity contribution in [3.8, 4) is 0 Å². The summed E-state index contributed by atoms with van der Waals surface area (Å²) in [5.41, 5.74) is 1.87. The SMILES string of the molecule is Fc1ccc([B-](c2ccc(F)c(Cl)c2)(c2ccc(F)c(Cl)c2)c2ccc(F)c(Cl)c2)cc1Cl. The van der Waals surface area contributed by atoms with E-state index >= 15 is 0 Å². The molecule has 0 nitrogen and oxygen atoms in total. The average molecular weight is 529 g/mol. The lowest BCUT2D eigenvalue weighted by molar-refractivity contribution is 0.628. The van der Waals surface area contributed by atoms with Gasteiger partial charge in [0.25, 0.3) is 0 Å². The largest absolute Gasteiger partial charge is 0.205 e. The molecule has 0 aliphatic carbocycles. The van der Waals surface area contributed by atoms with Gasteiger partial charge in [-0.2, -0.15) is 21.9 Å². The van der Waals surface area contributed by atoms with Gasteiger partial charge < -0.3 is 0 Å². The maximum Gasteiger partial charge on any atom is 0.141 e. The Morgan fingerprint density at radius 1 is 0.394 bits per heavy atom. The maximum absolute atomic E-state index is 14.1. The molecule has 0 bridgehead atoms. The second kappa shape index (κ2) is 9.23. The van der Waals surface area contributed by atoms with Crippen molar-refractivity contribution in [1.29, 1.82) is 0 Å². The van der Waals surface area contributed by atoms with Crippen LogP contribution in [0.3, 0.4) is 0 Å². The Balaban J connectivity index is 2.21. The third-order valence-corrected chi connectivity index (χ3v) is 6.93. The molecule has 33 heavy (non-hydrogen) atoms. The highest BCUT2D eigenvalue weighted by molar-refractivity contribution is 7.20. The van der Waals surface area contributed by atoms with Crippen LogP contribution in [-0.4, -0.2) is 6.15 Å². The molecule has 0 spiro atoms. The Bertz CT molecular complexity index is 1170. The molecular formula is C24H12BCl4F4-. The van der Waals surface area contributed by atoms with Gasteiger partial charge in [0.1, 0.15) is 29.4 Å². The van der Waals surface area contributed by atoms with E-state index in [4.69, 9.17) is 46.4 Å². The van der Waals surface area contributed by atoms with Crippen molar-refractivity contribution < 1.29 is 17.6 Å². The number of benzene rings is 4. The smallest absolute Gasteiger partial charge is 0.141 e. The Morgan fingerprint density at radius 3 is 0.788 bits per heavy atom. The van der Waals surface area contributed by atoms with E-state index in [-0.39, 0.29) is 20.1 Å². The van der Waals surface area contributed by atoms with Gasteiger partial charge in [0.15, 0.2) is 0 Å². The lowest BCUT2D eigenvalue weighted by Crippen LogP contribution is -2.74. The zero-order chi connectivity index (χ0) is 23.9. The van der Waals surface area contributed by atoms with Crippen LogP contribution in [0.4, 0.5) is 17.6 Å². The first kappa shape index (κ1) is 24.0. The van der Waals surface area contributed by atoms with Crippen LogP contribution >= 0.6 is 46.4 Å². The van der Waals surface area contributed by atoms with Crippen LogP contribution in [0, 0.1) is 23.3 Å². The van der Waals surface area contributed by atoms with E-state index < -0.39 is 29.4 Å². The molecule has 168 valence electrons. The van der Waals surface area contributed by atoms with E-state index in [1.807, 2.05) is 0 Å². The van der Waals surface area contributed by atoms with Gasteiger partial charge in [-0.3, -0.25) is 0 Å². The predicted molar refractivity (Wildman–Crippen MR) is 130 cm³/mol. The summed E-state index contributed by atoms with van der Waals surface area (Å²) in [6.07, 6.45) is -2.35. The molecule has 0 saturated heterocycles. The van der Waals surface area contributed by atoms with E-state index in [1.54, 1.807) is 0 Å². The molecule has 0 aliphatic rings. The van der Waals surface area contributed by atoms with Gasteiger partial charge >= 0.3 is 0 Å². The normalized spacial score (nSPS) is 11.6. The molecule has 0 radical (unpaired) electrons. The zero-order valence-electron chi connectivity index (χ0n) is 16.5. The first-order valence-corrected chi connectivity index (χ1v) is 11.1. The summed E-state index contributed by atoms with van der Waals surface area (Å²) < 4.78 is 56.4. The number of rotatable bonds is 4. The second-order valence-electron chi connectivity index (χ2n) is 7.56. The monoisotopic (exact) mass is 527 g/mol. The Kier molecular flexibility index (Phi) is 6.70. The molecule has 9 heteroatoms. The summed E-state index contributed by atoms with van der Waals surface area (Å²) in [5.74, 6) is -2.62. The summed E-state index contributed by atoms with van der Waals surface area (Å²) in [7, 11) is 0. The summed E-state index contributed by atoms with van der Waals surface area (Å²) in [6, 6.07) is 16.3. The molecule has 0 amide bonds. The topological polar surface area (TPSA) is 0 Å². The van der Waals surface area contributed by atoms with Crippen molar-refractivity contribution in [2.45, 2.75) is 0 Å². The third-order valence-electron chi connectivity index (χ3n) is 5.77. The van der Waals surface area contributed by atoms with Gasteiger partial charge in [-0.25, -0.2) is 17.6 Å². The molecule has 0 atom stereocenters. The summed E-state index contributed by atoms with van der Waals surface area (Å²) >= 11 is 24.5. The fourth-order valence-electron chi connectivity index (χ4n) is 4.28. The van der Waals surface area contributed by atoms with Gasteiger partial charge in [-0.1, -0.05) is 94.9 Å². The highest BCUT2D eigenvalue weighted by atomic mass is 35.5. The van der Waals surface area contributed by atoms with E-state index in [0.29, 0.717) is 21.9 Å². The van der Waals surface area contributed by atoms with Crippen LogP contribution < -0.4 is 21.9 Å². The van der Waals surface area contributed by atoms with Gasteiger partial charge in [-0.15, -0.1) is 0 Å². The van der Waals surface area contributed by atoms with Crippen LogP contribution in [0.2, 0.25) is 20.1 Å². The van der Waals surface area contributed by atoms with E-state index in [1.165, 1.54) is 72.8 Å². The third kappa shape index (κ3) is 4.24. The van der Waals surface area contributed by atoms with E-state index in [0.717, 1.165) is 0 Å². The van der Waals surface area contributed by atoms with Crippen LogP contribution in [0.5, 0.6) is 0 Å². The van der Waals surface area contributed by atoms with Crippen LogP contribution in [0.25, 0.3) is 0 Å². The summed E-state index contributed by atoms with van der Waals surface area (Å²) in [5, 5.41) is -0.691. The fraction of sp³-hybridized carbons (Fsp3) is 0. The number of hydrogen-bond acceptors (Lipinski definition) is 0. The number of hydrogen-bond donors (Lipinski definition) is 0. The molecule has 0 aromatic heterocycles. The standard InChI is InChI=1S/C24H12BCl4F4/c26-17-9-13(1-5-21(17)30)25(14-2-6-22(31)18(27)10-14,15-3-7-23(32)19(28)11-15)16-4-8-24(33)20(29)12-16/h1-12H/q-1. The molecule has 0 N–H and O–H groups in total. The van der Waals surface area contributed by atoms with E-state index in [2.05, 4.69) is 0 Å². The van der Waals surface area contributed by atoms with Crippen molar-refractivity contribution in [3.63, 3.8) is 0 Å². The molecule has 4 aromatic carbocycles. The van der Waals surface area contributed by atoms with Gasteiger partial charge in [0.05, 0.1) is 20.1 Å². The lowest BCUT2D eigenvalue weighted by atomic mass is 9.13. The molecular weight excluding hydrogens is 517 g/mol. The Labute approximate surface area is 207 Å². The molecule has 0 aliphatic heterocycles. The van der Waals surface area contributed by atoms with Crippen molar-refractivity contribution in [1.82, 2.24) is 0 Å². The maximum atomic E-state index is 14.1.